The SMILES string of the molecule is O=C(NCc1cccc(C#CCCO)c1)c1sccc1Cl. The molecule has 0 spiro atoms. The summed E-state index contributed by atoms with van der Waals surface area (Å²) in [6, 6.07) is 9.33. The zero-order valence-corrected chi connectivity index (χ0v) is 12.8. The Bertz CT molecular complexity index is 685. The van der Waals surface area contributed by atoms with E-state index in [1.807, 2.05) is 24.3 Å². The van der Waals surface area contributed by atoms with Crippen LogP contribution in [-0.4, -0.2) is 17.6 Å². The molecule has 3 nitrogen and oxygen atoms in total. The van der Waals surface area contributed by atoms with Crippen LogP contribution in [0.1, 0.15) is 27.2 Å². The van der Waals surface area contributed by atoms with Crippen molar-refractivity contribution in [1.29, 1.82) is 0 Å². The van der Waals surface area contributed by atoms with E-state index in [2.05, 4.69) is 17.2 Å². The lowest BCUT2D eigenvalue weighted by atomic mass is 10.1. The summed E-state index contributed by atoms with van der Waals surface area (Å²) in [5.41, 5.74) is 1.83. The maximum atomic E-state index is 12.0. The van der Waals surface area contributed by atoms with E-state index in [-0.39, 0.29) is 12.5 Å². The molecular weight excluding hydrogens is 306 g/mol. The third-order valence-corrected chi connectivity index (χ3v) is 4.01. The number of hydrogen-bond donors (Lipinski definition) is 2. The molecule has 0 saturated heterocycles. The Hall–Kier alpha value is -1.80. The van der Waals surface area contributed by atoms with Gasteiger partial charge in [0.05, 0.1) is 11.6 Å². The average molecular weight is 320 g/mol. The van der Waals surface area contributed by atoms with Crippen LogP contribution in [0.2, 0.25) is 5.02 Å². The molecule has 0 bridgehead atoms. The highest BCUT2D eigenvalue weighted by Crippen LogP contribution is 2.21. The third-order valence-electron chi connectivity index (χ3n) is 2.67. The van der Waals surface area contributed by atoms with Gasteiger partial charge in [-0.3, -0.25) is 4.79 Å². The maximum Gasteiger partial charge on any atom is 0.263 e. The third kappa shape index (κ3) is 4.61. The topological polar surface area (TPSA) is 49.3 Å². The zero-order valence-electron chi connectivity index (χ0n) is 11.2. The molecule has 0 radical (unpaired) electrons. The molecule has 1 amide bonds. The van der Waals surface area contributed by atoms with Crippen LogP contribution >= 0.6 is 22.9 Å². The lowest BCUT2D eigenvalue weighted by molar-refractivity contribution is 0.0955. The van der Waals surface area contributed by atoms with Gasteiger partial charge in [-0.15, -0.1) is 11.3 Å². The van der Waals surface area contributed by atoms with Crippen molar-refractivity contribution in [3.63, 3.8) is 0 Å². The molecule has 0 atom stereocenters. The molecule has 1 heterocycles. The number of benzene rings is 1. The van der Waals surface area contributed by atoms with Crippen LogP contribution in [0.3, 0.4) is 0 Å². The van der Waals surface area contributed by atoms with Crippen LogP contribution in [-0.2, 0) is 6.54 Å². The van der Waals surface area contributed by atoms with E-state index in [1.165, 1.54) is 11.3 Å². The van der Waals surface area contributed by atoms with Crippen molar-refractivity contribution in [1.82, 2.24) is 5.32 Å². The Morgan fingerprint density at radius 2 is 2.24 bits per heavy atom. The first-order valence-corrected chi connectivity index (χ1v) is 7.66. The van der Waals surface area contributed by atoms with E-state index in [9.17, 15) is 4.79 Å². The van der Waals surface area contributed by atoms with Crippen molar-refractivity contribution in [3.05, 3.63) is 56.7 Å². The first kappa shape index (κ1) is 15.6. The van der Waals surface area contributed by atoms with Gasteiger partial charge in [0, 0.05) is 18.5 Å². The van der Waals surface area contributed by atoms with Gasteiger partial charge >= 0.3 is 0 Å². The number of aliphatic hydroxyl groups is 1. The summed E-state index contributed by atoms with van der Waals surface area (Å²) < 4.78 is 0. The minimum Gasteiger partial charge on any atom is -0.395 e. The largest absolute Gasteiger partial charge is 0.395 e. The number of carbonyl (C=O) groups excluding carboxylic acids is 1. The summed E-state index contributed by atoms with van der Waals surface area (Å²) in [7, 11) is 0. The van der Waals surface area contributed by atoms with Crippen LogP contribution in [0.25, 0.3) is 0 Å². The summed E-state index contributed by atoms with van der Waals surface area (Å²) in [4.78, 5) is 12.5. The molecular formula is C16H14ClNO2S. The first-order chi connectivity index (χ1) is 10.2. The summed E-state index contributed by atoms with van der Waals surface area (Å²) in [5, 5.41) is 13.8. The van der Waals surface area contributed by atoms with Crippen LogP contribution in [0.15, 0.2) is 35.7 Å². The van der Waals surface area contributed by atoms with Gasteiger partial charge in [-0.2, -0.15) is 0 Å². The molecule has 1 aromatic carbocycles. The molecule has 2 N–H and O–H groups in total. The minimum atomic E-state index is -0.174. The number of carbonyl (C=O) groups is 1. The van der Waals surface area contributed by atoms with E-state index in [4.69, 9.17) is 16.7 Å². The van der Waals surface area contributed by atoms with Crippen molar-refractivity contribution < 1.29 is 9.90 Å². The molecule has 0 fully saturated rings. The second kappa shape index (κ2) is 7.84. The van der Waals surface area contributed by atoms with Gasteiger partial charge in [0.25, 0.3) is 5.91 Å². The molecule has 1 aromatic heterocycles. The molecule has 0 unspecified atom stereocenters. The Balaban J connectivity index is 1.98. The number of halogens is 1. The van der Waals surface area contributed by atoms with E-state index in [0.29, 0.717) is 22.9 Å². The molecule has 5 heteroatoms. The number of hydrogen-bond acceptors (Lipinski definition) is 3. The van der Waals surface area contributed by atoms with Crippen molar-refractivity contribution >= 4 is 28.8 Å². The fourth-order valence-corrected chi connectivity index (χ4v) is 2.76. The summed E-state index contributed by atoms with van der Waals surface area (Å²) in [6.45, 7) is 0.479. The molecule has 0 saturated carbocycles. The normalized spacial score (nSPS) is 9.81. The second-order valence-electron chi connectivity index (χ2n) is 4.26. The van der Waals surface area contributed by atoms with Crippen molar-refractivity contribution in [2.24, 2.45) is 0 Å². The quantitative estimate of drug-likeness (QED) is 0.851. The van der Waals surface area contributed by atoms with E-state index in [1.54, 1.807) is 11.4 Å². The van der Waals surface area contributed by atoms with E-state index < -0.39 is 0 Å². The highest BCUT2D eigenvalue weighted by atomic mass is 35.5. The van der Waals surface area contributed by atoms with E-state index >= 15 is 0 Å². The maximum absolute atomic E-state index is 12.0. The smallest absolute Gasteiger partial charge is 0.263 e. The van der Waals surface area contributed by atoms with Crippen LogP contribution in [0.5, 0.6) is 0 Å². The fraction of sp³-hybridized carbons (Fsp3) is 0.188. The second-order valence-corrected chi connectivity index (χ2v) is 5.58. The molecule has 0 aliphatic carbocycles. The van der Waals surface area contributed by atoms with Gasteiger partial charge < -0.3 is 10.4 Å². The minimum absolute atomic E-state index is 0.0598. The fourth-order valence-electron chi connectivity index (χ4n) is 1.70. The number of rotatable bonds is 4. The van der Waals surface area contributed by atoms with Gasteiger partial charge in [-0.05, 0) is 29.1 Å². The average Bonchev–Trinajstić information content (AvgIpc) is 2.92. The predicted molar refractivity (Wildman–Crippen MR) is 85.5 cm³/mol. The highest BCUT2D eigenvalue weighted by Gasteiger charge is 2.11. The first-order valence-electron chi connectivity index (χ1n) is 6.40. The molecule has 21 heavy (non-hydrogen) atoms. The summed E-state index contributed by atoms with van der Waals surface area (Å²) in [5.74, 6) is 5.66. The van der Waals surface area contributed by atoms with Gasteiger partial charge in [0.2, 0.25) is 0 Å². The number of aliphatic hydroxyl groups excluding tert-OH is 1. The van der Waals surface area contributed by atoms with Gasteiger partial charge in [-0.25, -0.2) is 0 Å². The van der Waals surface area contributed by atoms with Crippen LogP contribution < -0.4 is 5.32 Å². The monoisotopic (exact) mass is 319 g/mol. The van der Waals surface area contributed by atoms with Crippen molar-refractivity contribution in [2.45, 2.75) is 13.0 Å². The zero-order chi connectivity index (χ0) is 15.1. The number of amides is 1. The number of nitrogens with one attached hydrogen (secondary N) is 1. The Kier molecular flexibility index (Phi) is 5.82. The highest BCUT2D eigenvalue weighted by molar-refractivity contribution is 7.12. The predicted octanol–water partition coefficient (Wildman–Crippen LogP) is 3.07. The lowest BCUT2D eigenvalue weighted by Crippen LogP contribution is -2.22. The van der Waals surface area contributed by atoms with Crippen LogP contribution in [0.4, 0.5) is 0 Å². The molecule has 0 aliphatic heterocycles. The molecule has 0 aliphatic rings. The van der Waals surface area contributed by atoms with Crippen LogP contribution in [0, 0.1) is 11.8 Å². The summed E-state index contributed by atoms with van der Waals surface area (Å²) >= 11 is 7.24. The number of thiophene rings is 1. The standard InChI is InChI=1S/C16H14ClNO2S/c17-14-7-9-21-15(14)16(20)18-11-13-6-3-5-12(10-13)4-1-2-8-19/h3,5-7,9-10,19H,2,8,11H2,(H,18,20). The summed E-state index contributed by atoms with van der Waals surface area (Å²) in [6.07, 6.45) is 0.456. The Labute approximate surface area is 132 Å². The Morgan fingerprint density at radius 3 is 2.95 bits per heavy atom. The van der Waals surface area contributed by atoms with E-state index in [0.717, 1.165) is 11.1 Å². The molecule has 2 aromatic rings. The van der Waals surface area contributed by atoms with Gasteiger partial charge in [-0.1, -0.05) is 35.6 Å². The van der Waals surface area contributed by atoms with Crippen molar-refractivity contribution in [2.75, 3.05) is 6.61 Å². The molecule has 2 rings (SSSR count). The van der Waals surface area contributed by atoms with Gasteiger partial charge in [0.15, 0.2) is 0 Å². The Morgan fingerprint density at radius 1 is 1.38 bits per heavy atom. The van der Waals surface area contributed by atoms with Gasteiger partial charge in [0.1, 0.15) is 4.88 Å². The van der Waals surface area contributed by atoms with Crippen molar-refractivity contribution in [3.8, 4) is 11.8 Å². The molecule has 108 valence electrons. The lowest BCUT2D eigenvalue weighted by Gasteiger charge is -2.05.